The van der Waals surface area contributed by atoms with Crippen molar-refractivity contribution in [2.75, 3.05) is 17.7 Å². The van der Waals surface area contributed by atoms with E-state index in [0.717, 1.165) is 11.3 Å². The van der Waals surface area contributed by atoms with Crippen LogP contribution in [-0.4, -0.2) is 33.8 Å². The minimum absolute atomic E-state index is 0.197. The molecule has 2 heterocycles. The van der Waals surface area contributed by atoms with Gasteiger partial charge in [0.2, 0.25) is 5.89 Å². The van der Waals surface area contributed by atoms with Gasteiger partial charge in [-0.2, -0.15) is 0 Å². The predicted molar refractivity (Wildman–Crippen MR) is 82.7 cm³/mol. The van der Waals surface area contributed by atoms with Crippen LogP contribution < -0.4 is 5.32 Å². The molecule has 114 valence electrons. The second kappa shape index (κ2) is 6.64. The normalized spacial score (nSPS) is 12.3. The molecule has 1 atom stereocenters. The van der Waals surface area contributed by atoms with Crippen LogP contribution in [0.15, 0.2) is 51.5 Å². The Hall–Kier alpha value is -2.31. The van der Waals surface area contributed by atoms with E-state index >= 15 is 0 Å². The Kier molecular flexibility index (Phi) is 4.41. The Labute approximate surface area is 131 Å². The van der Waals surface area contributed by atoms with Gasteiger partial charge in [-0.3, -0.25) is 0 Å². The molecule has 0 bridgehead atoms. The van der Waals surface area contributed by atoms with Crippen molar-refractivity contribution < 1.29 is 13.9 Å². The van der Waals surface area contributed by atoms with Crippen LogP contribution in [-0.2, 0) is 0 Å². The molecule has 2 aromatic heterocycles. The Morgan fingerprint density at radius 3 is 2.59 bits per heavy atom. The highest BCUT2D eigenvalue weighted by atomic mass is 35.5. The largest absolute Gasteiger partial charge is 0.459 e. The summed E-state index contributed by atoms with van der Waals surface area (Å²) in [5.74, 6) is 1.49. The molecule has 6 nitrogen and oxygen atoms in total. The number of aromatic nitrogens is 2. The van der Waals surface area contributed by atoms with Gasteiger partial charge in [-0.25, -0.2) is 0 Å². The molecule has 0 saturated carbocycles. The number of alkyl halides is 1. The van der Waals surface area contributed by atoms with E-state index < -0.39 is 6.10 Å². The van der Waals surface area contributed by atoms with Crippen molar-refractivity contribution in [3.05, 3.63) is 42.7 Å². The van der Waals surface area contributed by atoms with Crippen LogP contribution in [0, 0.1) is 0 Å². The molecule has 0 aliphatic heterocycles. The minimum atomic E-state index is -0.576. The minimum Gasteiger partial charge on any atom is -0.459 e. The van der Waals surface area contributed by atoms with Crippen molar-refractivity contribution >= 4 is 17.3 Å². The maximum Gasteiger partial charge on any atom is 0.283 e. The first-order valence-corrected chi connectivity index (χ1v) is 7.25. The fourth-order valence-corrected chi connectivity index (χ4v) is 1.97. The average molecular weight is 320 g/mol. The highest BCUT2D eigenvalue weighted by molar-refractivity contribution is 6.18. The molecule has 0 fully saturated rings. The molecular formula is C15H14ClN3O3. The van der Waals surface area contributed by atoms with Crippen molar-refractivity contribution in [3.63, 3.8) is 0 Å². The SMILES string of the molecule is OC(CCl)CNc1ccc(-c2nnc(-c3ccco3)o2)cc1. The van der Waals surface area contributed by atoms with E-state index in [1.54, 1.807) is 18.4 Å². The standard InChI is InChI=1S/C15H14ClN3O3/c16-8-12(20)9-17-11-5-3-10(4-6-11)14-18-19-15(22-14)13-2-1-7-21-13/h1-7,12,17,20H,8-9H2. The fourth-order valence-electron chi connectivity index (χ4n) is 1.86. The molecule has 22 heavy (non-hydrogen) atoms. The first kappa shape index (κ1) is 14.6. The molecule has 3 rings (SSSR count). The van der Waals surface area contributed by atoms with Crippen LogP contribution in [0.1, 0.15) is 0 Å². The highest BCUT2D eigenvalue weighted by Gasteiger charge is 2.12. The van der Waals surface area contributed by atoms with Crippen molar-refractivity contribution in [2.45, 2.75) is 6.10 Å². The second-order valence-electron chi connectivity index (χ2n) is 4.66. The number of anilines is 1. The number of hydrogen-bond acceptors (Lipinski definition) is 6. The van der Waals surface area contributed by atoms with Crippen LogP contribution in [0.3, 0.4) is 0 Å². The Morgan fingerprint density at radius 1 is 1.14 bits per heavy atom. The number of aliphatic hydroxyl groups excluding tert-OH is 1. The van der Waals surface area contributed by atoms with Gasteiger partial charge < -0.3 is 19.3 Å². The van der Waals surface area contributed by atoms with Crippen LogP contribution in [0.4, 0.5) is 5.69 Å². The van der Waals surface area contributed by atoms with Gasteiger partial charge in [-0.15, -0.1) is 21.8 Å². The molecule has 0 amide bonds. The van der Waals surface area contributed by atoms with Gasteiger partial charge in [-0.1, -0.05) is 0 Å². The monoisotopic (exact) mass is 319 g/mol. The van der Waals surface area contributed by atoms with Crippen molar-refractivity contribution in [1.82, 2.24) is 10.2 Å². The number of benzene rings is 1. The summed E-state index contributed by atoms with van der Waals surface area (Å²) in [5.41, 5.74) is 1.67. The van der Waals surface area contributed by atoms with Crippen molar-refractivity contribution in [2.24, 2.45) is 0 Å². The van der Waals surface area contributed by atoms with Crippen molar-refractivity contribution in [1.29, 1.82) is 0 Å². The summed E-state index contributed by atoms with van der Waals surface area (Å²) in [4.78, 5) is 0. The van der Waals surface area contributed by atoms with Gasteiger partial charge in [0.15, 0.2) is 5.76 Å². The van der Waals surface area contributed by atoms with Crippen LogP contribution in [0.2, 0.25) is 0 Å². The van der Waals surface area contributed by atoms with Crippen molar-refractivity contribution in [3.8, 4) is 23.1 Å². The molecule has 7 heteroatoms. The van der Waals surface area contributed by atoms with E-state index in [-0.39, 0.29) is 5.88 Å². The van der Waals surface area contributed by atoms with Gasteiger partial charge in [0.05, 0.1) is 18.2 Å². The smallest absolute Gasteiger partial charge is 0.283 e. The zero-order valence-corrected chi connectivity index (χ0v) is 12.3. The van der Waals surface area contributed by atoms with Gasteiger partial charge in [0.1, 0.15) is 0 Å². The summed E-state index contributed by atoms with van der Waals surface area (Å²) < 4.78 is 10.8. The lowest BCUT2D eigenvalue weighted by atomic mass is 10.2. The molecule has 0 saturated heterocycles. The third-order valence-electron chi connectivity index (χ3n) is 3.01. The number of hydrogen-bond donors (Lipinski definition) is 2. The zero-order valence-electron chi connectivity index (χ0n) is 11.6. The van der Waals surface area contributed by atoms with E-state index in [4.69, 9.17) is 20.4 Å². The summed E-state index contributed by atoms with van der Waals surface area (Å²) in [5, 5.41) is 20.5. The number of aliphatic hydroxyl groups is 1. The second-order valence-corrected chi connectivity index (χ2v) is 4.96. The first-order valence-electron chi connectivity index (χ1n) is 6.72. The third-order valence-corrected chi connectivity index (χ3v) is 3.36. The molecule has 0 aliphatic carbocycles. The molecular weight excluding hydrogens is 306 g/mol. The lowest BCUT2D eigenvalue weighted by Crippen LogP contribution is -2.20. The first-order chi connectivity index (χ1) is 10.8. The summed E-state index contributed by atoms with van der Waals surface area (Å²) in [6, 6.07) is 11.0. The summed E-state index contributed by atoms with van der Waals surface area (Å²) in [7, 11) is 0. The zero-order chi connectivity index (χ0) is 15.4. The molecule has 0 spiro atoms. The highest BCUT2D eigenvalue weighted by Crippen LogP contribution is 2.25. The van der Waals surface area contributed by atoms with E-state index in [0.29, 0.717) is 24.1 Å². The maximum absolute atomic E-state index is 9.41. The Morgan fingerprint density at radius 2 is 1.91 bits per heavy atom. The van der Waals surface area contributed by atoms with Gasteiger partial charge in [0.25, 0.3) is 5.89 Å². The molecule has 0 radical (unpaired) electrons. The van der Waals surface area contributed by atoms with E-state index in [2.05, 4.69) is 15.5 Å². The fraction of sp³-hybridized carbons (Fsp3) is 0.200. The van der Waals surface area contributed by atoms with Gasteiger partial charge in [0, 0.05) is 17.8 Å². The quantitative estimate of drug-likeness (QED) is 0.679. The lowest BCUT2D eigenvalue weighted by molar-refractivity contribution is 0.211. The van der Waals surface area contributed by atoms with Gasteiger partial charge >= 0.3 is 0 Å². The molecule has 3 aromatic rings. The molecule has 0 aliphatic rings. The van der Waals surface area contributed by atoms with Crippen LogP contribution in [0.25, 0.3) is 23.1 Å². The third kappa shape index (κ3) is 3.29. The molecule has 1 aromatic carbocycles. The molecule has 1 unspecified atom stereocenters. The van der Waals surface area contributed by atoms with Crippen LogP contribution in [0.5, 0.6) is 0 Å². The lowest BCUT2D eigenvalue weighted by Gasteiger charge is -2.09. The number of furan rings is 1. The van der Waals surface area contributed by atoms with Gasteiger partial charge in [-0.05, 0) is 36.4 Å². The Balaban J connectivity index is 1.70. The van der Waals surface area contributed by atoms with E-state index in [9.17, 15) is 5.11 Å². The topological polar surface area (TPSA) is 84.3 Å². The van der Waals surface area contributed by atoms with E-state index in [1.165, 1.54) is 0 Å². The van der Waals surface area contributed by atoms with E-state index in [1.807, 2.05) is 24.3 Å². The Bertz CT molecular complexity index is 710. The number of halogens is 1. The maximum atomic E-state index is 9.41. The summed E-state index contributed by atoms with van der Waals surface area (Å²) in [6.07, 6.45) is 0.975. The average Bonchev–Trinajstić information content (AvgIpc) is 3.23. The van der Waals surface area contributed by atoms with Crippen LogP contribution >= 0.6 is 11.6 Å². The number of rotatable bonds is 6. The summed E-state index contributed by atoms with van der Waals surface area (Å²) >= 11 is 5.54. The number of nitrogens with one attached hydrogen (secondary N) is 1. The predicted octanol–water partition coefficient (Wildman–Crippen LogP) is 3.01. The molecule has 2 N–H and O–H groups in total. The number of nitrogens with zero attached hydrogens (tertiary/aromatic N) is 2. The summed E-state index contributed by atoms with van der Waals surface area (Å²) in [6.45, 7) is 0.395.